The van der Waals surface area contributed by atoms with Gasteiger partial charge in [-0.25, -0.2) is 0 Å². The summed E-state index contributed by atoms with van der Waals surface area (Å²) >= 11 is 1.78. The molecule has 1 aliphatic carbocycles. The molecule has 0 saturated heterocycles. The molecule has 0 aromatic rings. The third kappa shape index (κ3) is 1.88. The standard InChI is InChI=1S/C12H12S/c1-2-10-9-13-12-7-5-3-4-6-11(10)8-12/h4-7,9H,2-3H2,1H3/b6-4-,7-5-. The van der Waals surface area contributed by atoms with Gasteiger partial charge in [0.15, 0.2) is 0 Å². The lowest BCUT2D eigenvalue weighted by Gasteiger charge is -2.10. The molecule has 1 aliphatic heterocycles. The van der Waals surface area contributed by atoms with Crippen LogP contribution in [0.5, 0.6) is 0 Å². The van der Waals surface area contributed by atoms with E-state index in [0.717, 1.165) is 12.8 Å². The molecule has 0 saturated carbocycles. The van der Waals surface area contributed by atoms with E-state index in [1.807, 2.05) is 0 Å². The summed E-state index contributed by atoms with van der Waals surface area (Å²) in [6, 6.07) is 0. The van der Waals surface area contributed by atoms with E-state index in [4.69, 9.17) is 0 Å². The number of rotatable bonds is 1. The van der Waals surface area contributed by atoms with Crippen LogP contribution < -0.4 is 0 Å². The summed E-state index contributed by atoms with van der Waals surface area (Å²) in [4.78, 5) is 1.23. The fourth-order valence-corrected chi connectivity index (χ4v) is 2.29. The number of allylic oxidation sites excluding steroid dienone is 5. The molecule has 0 atom stereocenters. The lowest BCUT2D eigenvalue weighted by Crippen LogP contribution is -1.89. The van der Waals surface area contributed by atoms with Crippen LogP contribution in [0.4, 0.5) is 0 Å². The Morgan fingerprint density at radius 3 is 3.08 bits per heavy atom. The molecule has 2 bridgehead atoms. The number of thioether (sulfide) groups is 1. The van der Waals surface area contributed by atoms with E-state index in [1.54, 1.807) is 11.8 Å². The first-order valence-corrected chi connectivity index (χ1v) is 5.48. The highest BCUT2D eigenvalue weighted by molar-refractivity contribution is 8.06. The van der Waals surface area contributed by atoms with E-state index in [-0.39, 0.29) is 0 Å². The van der Waals surface area contributed by atoms with Gasteiger partial charge in [0.2, 0.25) is 0 Å². The predicted molar refractivity (Wildman–Crippen MR) is 59.4 cm³/mol. The lowest BCUT2D eigenvalue weighted by atomic mass is 10.0. The molecule has 0 aromatic carbocycles. The van der Waals surface area contributed by atoms with Gasteiger partial charge >= 0.3 is 0 Å². The second kappa shape index (κ2) is 3.87. The highest BCUT2D eigenvalue weighted by Crippen LogP contribution is 2.30. The molecule has 2 aliphatic rings. The third-order valence-electron chi connectivity index (χ3n) is 2.14. The number of hydrogen-bond donors (Lipinski definition) is 0. The summed E-state index contributed by atoms with van der Waals surface area (Å²) in [5.41, 5.74) is 6.08. The fraction of sp³-hybridized carbons (Fsp3) is 0.250. The van der Waals surface area contributed by atoms with Gasteiger partial charge in [-0.1, -0.05) is 42.6 Å². The van der Waals surface area contributed by atoms with Crippen molar-refractivity contribution in [3.05, 3.63) is 51.5 Å². The molecule has 0 spiro atoms. The third-order valence-corrected chi connectivity index (χ3v) is 3.03. The lowest BCUT2D eigenvalue weighted by molar-refractivity contribution is 1.13. The van der Waals surface area contributed by atoms with Crippen molar-refractivity contribution >= 4 is 11.8 Å². The molecule has 0 unspecified atom stereocenters. The van der Waals surface area contributed by atoms with Crippen LogP contribution in [0.1, 0.15) is 19.8 Å². The van der Waals surface area contributed by atoms with Crippen molar-refractivity contribution in [2.75, 3.05) is 0 Å². The summed E-state index contributed by atoms with van der Waals surface area (Å²) in [6.07, 6.45) is 10.8. The van der Waals surface area contributed by atoms with Crippen LogP contribution in [0.25, 0.3) is 0 Å². The van der Waals surface area contributed by atoms with E-state index in [2.05, 4.69) is 42.4 Å². The topological polar surface area (TPSA) is 0 Å². The first kappa shape index (κ1) is 8.68. The molecular weight excluding hydrogens is 176 g/mol. The van der Waals surface area contributed by atoms with Gasteiger partial charge in [-0.05, 0) is 29.9 Å². The minimum Gasteiger partial charge on any atom is -0.0974 e. The molecule has 0 aromatic heterocycles. The summed E-state index contributed by atoms with van der Waals surface area (Å²) < 4.78 is 0. The zero-order valence-corrected chi connectivity index (χ0v) is 8.53. The SMILES string of the molecule is CCC1=CSC2=C=C1/C=C\C/C=C\2. The summed E-state index contributed by atoms with van der Waals surface area (Å²) in [7, 11) is 0. The van der Waals surface area contributed by atoms with Crippen LogP contribution in [0.15, 0.2) is 51.5 Å². The quantitative estimate of drug-likeness (QED) is 0.561. The van der Waals surface area contributed by atoms with Crippen LogP contribution in [-0.2, 0) is 0 Å². The molecule has 1 heterocycles. The fourth-order valence-electron chi connectivity index (χ4n) is 1.38. The van der Waals surface area contributed by atoms with Gasteiger partial charge in [0.25, 0.3) is 0 Å². The zero-order chi connectivity index (χ0) is 9.10. The molecule has 0 radical (unpaired) electrons. The van der Waals surface area contributed by atoms with Crippen LogP contribution >= 0.6 is 11.8 Å². The molecule has 66 valence electrons. The van der Waals surface area contributed by atoms with Gasteiger partial charge in [-0.15, -0.1) is 0 Å². The molecule has 0 amide bonds. The molecule has 0 nitrogen and oxygen atoms in total. The average Bonchev–Trinajstić information content (AvgIpc) is 2.14. The Hall–Kier alpha value is -0.910. The van der Waals surface area contributed by atoms with Crippen LogP contribution in [-0.4, -0.2) is 0 Å². The molecule has 1 heteroatoms. The Morgan fingerprint density at radius 1 is 1.38 bits per heavy atom. The molecule has 0 fully saturated rings. The Bertz CT molecular complexity index is 361. The Labute approximate surface area is 83.4 Å². The van der Waals surface area contributed by atoms with Gasteiger partial charge in [0.1, 0.15) is 0 Å². The van der Waals surface area contributed by atoms with Gasteiger partial charge < -0.3 is 0 Å². The zero-order valence-electron chi connectivity index (χ0n) is 7.71. The summed E-state index contributed by atoms with van der Waals surface area (Å²) in [5, 5.41) is 2.24. The molecule has 0 N–H and O–H groups in total. The van der Waals surface area contributed by atoms with Gasteiger partial charge in [-0.3, -0.25) is 0 Å². The van der Waals surface area contributed by atoms with Gasteiger partial charge in [0.05, 0.1) is 4.91 Å². The Balaban J connectivity index is 2.46. The van der Waals surface area contributed by atoms with Crippen molar-refractivity contribution < 1.29 is 0 Å². The van der Waals surface area contributed by atoms with Crippen LogP contribution in [0, 0.1) is 0 Å². The largest absolute Gasteiger partial charge is 0.0974 e. The van der Waals surface area contributed by atoms with Crippen LogP contribution in [0.2, 0.25) is 0 Å². The second-order valence-corrected chi connectivity index (χ2v) is 3.97. The first-order chi connectivity index (χ1) is 6.40. The van der Waals surface area contributed by atoms with Crippen molar-refractivity contribution in [3.63, 3.8) is 0 Å². The maximum atomic E-state index is 3.41. The second-order valence-electron chi connectivity index (χ2n) is 3.06. The minimum atomic E-state index is 1.03. The van der Waals surface area contributed by atoms with Crippen molar-refractivity contribution in [1.82, 2.24) is 0 Å². The maximum Gasteiger partial charge on any atom is 0.0538 e. The summed E-state index contributed by atoms with van der Waals surface area (Å²) in [5.74, 6) is 0. The van der Waals surface area contributed by atoms with Crippen molar-refractivity contribution in [2.24, 2.45) is 0 Å². The molecule has 2 rings (SSSR count). The average molecular weight is 188 g/mol. The van der Waals surface area contributed by atoms with Gasteiger partial charge in [-0.2, -0.15) is 0 Å². The first-order valence-electron chi connectivity index (χ1n) is 4.60. The molecule has 13 heavy (non-hydrogen) atoms. The van der Waals surface area contributed by atoms with E-state index in [0.29, 0.717) is 0 Å². The highest BCUT2D eigenvalue weighted by atomic mass is 32.2. The van der Waals surface area contributed by atoms with Crippen molar-refractivity contribution in [2.45, 2.75) is 19.8 Å². The van der Waals surface area contributed by atoms with E-state index in [9.17, 15) is 0 Å². The van der Waals surface area contributed by atoms with E-state index in [1.165, 1.54) is 16.1 Å². The van der Waals surface area contributed by atoms with Gasteiger partial charge in [0, 0.05) is 5.57 Å². The molecular formula is C12H12S. The van der Waals surface area contributed by atoms with E-state index < -0.39 is 0 Å². The minimum absolute atomic E-state index is 1.03. The Kier molecular flexibility index (Phi) is 2.58. The normalized spacial score (nSPS) is 24.8. The van der Waals surface area contributed by atoms with Crippen LogP contribution in [0.3, 0.4) is 0 Å². The smallest absolute Gasteiger partial charge is 0.0538 e. The highest BCUT2D eigenvalue weighted by Gasteiger charge is 2.06. The summed E-state index contributed by atoms with van der Waals surface area (Å²) in [6.45, 7) is 2.19. The van der Waals surface area contributed by atoms with Crippen molar-refractivity contribution in [3.8, 4) is 0 Å². The maximum absolute atomic E-state index is 3.41. The van der Waals surface area contributed by atoms with E-state index >= 15 is 0 Å². The predicted octanol–water partition coefficient (Wildman–Crippen LogP) is 3.95. The Morgan fingerprint density at radius 2 is 2.23 bits per heavy atom. The van der Waals surface area contributed by atoms with Crippen molar-refractivity contribution in [1.29, 1.82) is 0 Å². The number of hydrogen-bond acceptors (Lipinski definition) is 1. The monoisotopic (exact) mass is 188 g/mol.